The fourth-order valence-corrected chi connectivity index (χ4v) is 6.11. The number of benzene rings is 3. The van der Waals surface area contributed by atoms with Gasteiger partial charge in [0.2, 0.25) is 5.91 Å². The summed E-state index contributed by atoms with van der Waals surface area (Å²) in [4.78, 5) is 31.7. The second-order valence-corrected chi connectivity index (χ2v) is 12.7. The van der Waals surface area contributed by atoms with E-state index in [0.29, 0.717) is 41.4 Å². The monoisotopic (exact) mass is 651 g/mol. The largest absolute Gasteiger partial charge is 0.495 e. The van der Waals surface area contributed by atoms with Crippen LogP contribution in [0.1, 0.15) is 101 Å². The highest BCUT2D eigenvalue weighted by Gasteiger charge is 2.40. The lowest BCUT2D eigenvalue weighted by Gasteiger charge is -2.15. The molecule has 1 atom stereocenters. The molecule has 2 N–H and O–H groups in total. The number of hydrazine groups is 1. The molecule has 1 saturated heterocycles. The summed E-state index contributed by atoms with van der Waals surface area (Å²) in [6.07, 6.45) is 14.0. The quantitative estimate of drug-likeness (QED) is 0.105. The number of rotatable bonds is 18. The summed E-state index contributed by atoms with van der Waals surface area (Å²) in [7, 11) is 1.58. The van der Waals surface area contributed by atoms with Gasteiger partial charge in [-0.05, 0) is 54.8 Å². The molecule has 1 aliphatic heterocycles. The van der Waals surface area contributed by atoms with E-state index in [9.17, 15) is 9.59 Å². The van der Waals surface area contributed by atoms with E-state index in [-0.39, 0.29) is 11.8 Å². The molecule has 1 fully saturated rings. The molecule has 5 rings (SSSR count). The summed E-state index contributed by atoms with van der Waals surface area (Å²) in [6.45, 7) is 4.59. The maximum absolute atomic E-state index is 13.9. The Morgan fingerprint density at radius 2 is 1.62 bits per heavy atom. The number of ether oxygens (including phenoxy) is 1. The fourth-order valence-electron chi connectivity index (χ4n) is 6.11. The molecule has 4 aromatic rings. The third-order valence-corrected chi connectivity index (χ3v) is 8.78. The topological polar surface area (TPSA) is 114 Å². The Morgan fingerprint density at radius 1 is 0.917 bits per heavy atom. The summed E-state index contributed by atoms with van der Waals surface area (Å²) in [5.41, 5.74) is 7.78. The number of amides is 2. The molecular formula is C38H49N7O3. The zero-order valence-electron chi connectivity index (χ0n) is 28.6. The number of methoxy groups -OCH3 is 1. The molecule has 48 heavy (non-hydrogen) atoms. The Bertz CT molecular complexity index is 1680. The van der Waals surface area contributed by atoms with Crippen LogP contribution in [0.3, 0.4) is 0 Å². The highest BCUT2D eigenvalue weighted by atomic mass is 16.5. The van der Waals surface area contributed by atoms with Crippen molar-refractivity contribution in [2.45, 2.75) is 103 Å². The van der Waals surface area contributed by atoms with Gasteiger partial charge in [0.05, 0.1) is 30.5 Å². The van der Waals surface area contributed by atoms with Crippen molar-refractivity contribution < 1.29 is 14.3 Å². The van der Waals surface area contributed by atoms with Gasteiger partial charge in [0.25, 0.3) is 5.91 Å². The minimum atomic E-state index is -0.846. The molecule has 1 aliphatic rings. The Labute approximate surface area is 283 Å². The van der Waals surface area contributed by atoms with Crippen molar-refractivity contribution in [1.82, 2.24) is 25.4 Å². The molecule has 0 spiro atoms. The lowest BCUT2D eigenvalue weighted by atomic mass is 10.1. The number of carbonyl (C=O) groups is 2. The van der Waals surface area contributed by atoms with Crippen LogP contribution in [0, 0.1) is 6.92 Å². The molecule has 10 heteroatoms. The summed E-state index contributed by atoms with van der Waals surface area (Å²) in [5.74, 6) is 0.703. The number of fused-ring (bicyclic) bond motifs is 1. The van der Waals surface area contributed by atoms with Gasteiger partial charge < -0.3 is 10.1 Å². The van der Waals surface area contributed by atoms with Crippen LogP contribution in [-0.2, 0) is 16.1 Å². The number of aromatic nitrogens is 3. The summed E-state index contributed by atoms with van der Waals surface area (Å²) < 4.78 is 7.19. The zero-order valence-corrected chi connectivity index (χ0v) is 28.6. The van der Waals surface area contributed by atoms with Crippen LogP contribution in [-0.4, -0.2) is 44.8 Å². The number of unbranched alkanes of at least 4 members (excludes halogenated alkanes) is 10. The van der Waals surface area contributed by atoms with Gasteiger partial charge in [-0.15, -0.1) is 5.10 Å². The van der Waals surface area contributed by atoms with Crippen LogP contribution in [0.2, 0.25) is 0 Å². The highest BCUT2D eigenvalue weighted by Crippen LogP contribution is 2.32. The van der Waals surface area contributed by atoms with E-state index < -0.39 is 6.04 Å². The fraction of sp³-hybridized carbons (Fsp3) is 0.447. The molecule has 3 aromatic carbocycles. The first-order valence-corrected chi connectivity index (χ1v) is 17.5. The van der Waals surface area contributed by atoms with Crippen molar-refractivity contribution in [2.75, 3.05) is 12.4 Å². The summed E-state index contributed by atoms with van der Waals surface area (Å²) in [6, 6.07) is 20.1. The molecule has 2 heterocycles. The van der Waals surface area contributed by atoms with Crippen LogP contribution in [0.4, 0.5) is 11.4 Å². The standard InChI is InChI=1S/C38H49N7O3/c1-4-5-6-7-8-9-10-11-12-13-17-20-35(46)40-32-26-30(22-24-34(32)48-3)39-37-36(45-33-25-28(2)21-23-31(33)41-43-45)38(47)44(42-37)27-29-18-15-14-16-19-29/h14-16,18-19,21-26,36H,4-13,17,20,27H2,1-3H3,(H,39,42)(H,40,46). The highest BCUT2D eigenvalue weighted by molar-refractivity contribution is 6.11. The minimum absolute atomic E-state index is 0.0560. The van der Waals surface area contributed by atoms with E-state index in [2.05, 4.69) is 28.0 Å². The van der Waals surface area contributed by atoms with E-state index >= 15 is 0 Å². The zero-order chi connectivity index (χ0) is 33.7. The van der Waals surface area contributed by atoms with Crippen LogP contribution < -0.4 is 15.5 Å². The van der Waals surface area contributed by atoms with Gasteiger partial charge in [-0.2, -0.15) is 0 Å². The van der Waals surface area contributed by atoms with Crippen LogP contribution in [0.15, 0.2) is 71.7 Å². The van der Waals surface area contributed by atoms with E-state index in [1.807, 2.05) is 55.5 Å². The van der Waals surface area contributed by atoms with Crippen molar-refractivity contribution in [3.8, 4) is 5.75 Å². The minimum Gasteiger partial charge on any atom is -0.495 e. The predicted octanol–water partition coefficient (Wildman–Crippen LogP) is 8.21. The number of aryl methyl sites for hydroxylation is 1. The molecule has 0 aliphatic carbocycles. The SMILES string of the molecule is CCCCCCCCCCCCCC(=O)Nc1cc(N=C2NN(Cc3ccccc3)C(=O)C2n2nnc3ccc(C)cc32)ccc1OC. The first-order chi connectivity index (χ1) is 23.5. The lowest BCUT2D eigenvalue weighted by Crippen LogP contribution is -2.35. The molecule has 0 bridgehead atoms. The van der Waals surface area contributed by atoms with Gasteiger partial charge in [0, 0.05) is 6.42 Å². The van der Waals surface area contributed by atoms with Crippen molar-refractivity contribution in [3.05, 3.63) is 77.9 Å². The van der Waals surface area contributed by atoms with E-state index in [4.69, 9.17) is 9.73 Å². The van der Waals surface area contributed by atoms with Crippen LogP contribution in [0.25, 0.3) is 11.0 Å². The van der Waals surface area contributed by atoms with Gasteiger partial charge in [-0.3, -0.25) is 15.0 Å². The number of aliphatic imine (C=N–C) groups is 1. The maximum atomic E-state index is 13.9. The number of hydrogen-bond acceptors (Lipinski definition) is 6. The number of nitrogens with zero attached hydrogens (tertiary/aromatic N) is 5. The van der Waals surface area contributed by atoms with Gasteiger partial charge in [-0.1, -0.05) is 113 Å². The van der Waals surface area contributed by atoms with Gasteiger partial charge in [0.15, 0.2) is 11.9 Å². The van der Waals surface area contributed by atoms with E-state index in [1.165, 1.54) is 51.4 Å². The second-order valence-electron chi connectivity index (χ2n) is 12.7. The molecule has 10 nitrogen and oxygen atoms in total. The Hall–Kier alpha value is -4.73. The molecule has 2 amide bonds. The third kappa shape index (κ3) is 9.20. The molecule has 0 radical (unpaired) electrons. The molecule has 1 aromatic heterocycles. The van der Waals surface area contributed by atoms with Gasteiger partial charge in [0.1, 0.15) is 11.3 Å². The number of anilines is 1. The second kappa shape index (κ2) is 17.4. The maximum Gasteiger partial charge on any atom is 0.274 e. The van der Waals surface area contributed by atoms with Crippen molar-refractivity contribution in [3.63, 3.8) is 0 Å². The van der Waals surface area contributed by atoms with Crippen LogP contribution >= 0.6 is 0 Å². The number of amidine groups is 1. The first-order valence-electron chi connectivity index (χ1n) is 17.5. The van der Waals surface area contributed by atoms with Crippen LogP contribution in [0.5, 0.6) is 5.75 Å². The Morgan fingerprint density at radius 3 is 2.33 bits per heavy atom. The average Bonchev–Trinajstić information content (AvgIpc) is 3.62. The molecule has 1 unspecified atom stereocenters. The third-order valence-electron chi connectivity index (χ3n) is 8.78. The summed E-state index contributed by atoms with van der Waals surface area (Å²) in [5, 5.41) is 13.3. The molecular weight excluding hydrogens is 602 g/mol. The van der Waals surface area contributed by atoms with E-state index in [0.717, 1.165) is 35.9 Å². The number of hydrogen-bond donors (Lipinski definition) is 2. The average molecular weight is 652 g/mol. The normalized spacial score (nSPS) is 15.3. The van der Waals surface area contributed by atoms with Crippen molar-refractivity contribution >= 4 is 40.1 Å². The Kier molecular flexibility index (Phi) is 12.6. The number of nitrogens with one attached hydrogen (secondary N) is 2. The van der Waals surface area contributed by atoms with Gasteiger partial charge >= 0.3 is 0 Å². The number of carbonyl (C=O) groups excluding carboxylic acids is 2. The summed E-state index contributed by atoms with van der Waals surface area (Å²) >= 11 is 0. The smallest absolute Gasteiger partial charge is 0.274 e. The van der Waals surface area contributed by atoms with Gasteiger partial charge in [-0.25, -0.2) is 14.7 Å². The molecule has 254 valence electrons. The molecule has 0 saturated carbocycles. The van der Waals surface area contributed by atoms with Crippen molar-refractivity contribution in [1.29, 1.82) is 0 Å². The van der Waals surface area contributed by atoms with Crippen molar-refractivity contribution in [2.24, 2.45) is 4.99 Å². The predicted molar refractivity (Wildman–Crippen MR) is 191 cm³/mol. The Balaban J connectivity index is 1.26. The van der Waals surface area contributed by atoms with E-state index in [1.54, 1.807) is 35.0 Å². The lowest BCUT2D eigenvalue weighted by molar-refractivity contribution is -0.132. The first kappa shape index (κ1) is 34.6.